The molecule has 23 heavy (non-hydrogen) atoms. The van der Waals surface area contributed by atoms with E-state index in [0.717, 1.165) is 33.2 Å². The molecule has 6 nitrogen and oxygen atoms in total. The van der Waals surface area contributed by atoms with Gasteiger partial charge in [0, 0.05) is 29.6 Å². The van der Waals surface area contributed by atoms with Crippen LogP contribution in [-0.2, 0) is 11.3 Å². The van der Waals surface area contributed by atoms with Crippen LogP contribution in [0.15, 0.2) is 30.5 Å². The number of ether oxygens (including phenoxy) is 1. The fourth-order valence-electron chi connectivity index (χ4n) is 2.97. The highest BCUT2D eigenvalue weighted by Gasteiger charge is 2.16. The van der Waals surface area contributed by atoms with Crippen molar-refractivity contribution in [2.45, 2.75) is 25.9 Å². The highest BCUT2D eigenvalue weighted by molar-refractivity contribution is 6.09. The molecule has 2 heterocycles. The van der Waals surface area contributed by atoms with Crippen molar-refractivity contribution in [2.75, 3.05) is 7.11 Å². The van der Waals surface area contributed by atoms with Crippen LogP contribution in [0.3, 0.4) is 0 Å². The van der Waals surface area contributed by atoms with Crippen molar-refractivity contribution in [3.8, 4) is 5.75 Å². The Labute approximate surface area is 134 Å². The third kappa shape index (κ3) is 2.61. The van der Waals surface area contributed by atoms with E-state index in [1.165, 1.54) is 0 Å². The van der Waals surface area contributed by atoms with Crippen LogP contribution in [0.25, 0.3) is 21.8 Å². The monoisotopic (exact) mass is 312 g/mol. The summed E-state index contributed by atoms with van der Waals surface area (Å²) in [6.45, 7) is 2.56. The summed E-state index contributed by atoms with van der Waals surface area (Å²) in [5.41, 5.74) is 14.1. The predicted molar refractivity (Wildman–Crippen MR) is 90.3 cm³/mol. The van der Waals surface area contributed by atoms with Gasteiger partial charge in [0.15, 0.2) is 0 Å². The number of primary amides is 1. The zero-order valence-electron chi connectivity index (χ0n) is 13.2. The van der Waals surface area contributed by atoms with Crippen molar-refractivity contribution < 1.29 is 9.53 Å². The minimum absolute atomic E-state index is 0.472. The second-order valence-corrected chi connectivity index (χ2v) is 5.62. The van der Waals surface area contributed by atoms with Gasteiger partial charge in [-0.05, 0) is 31.5 Å². The van der Waals surface area contributed by atoms with Crippen molar-refractivity contribution >= 4 is 27.7 Å². The SMILES string of the molecule is COc1ccc2c3ccnc(C)c3n(CCC(N)C(N)=O)c2c1. The molecule has 0 fully saturated rings. The Balaban J connectivity index is 2.20. The van der Waals surface area contributed by atoms with Crippen LogP contribution >= 0.6 is 0 Å². The number of fused-ring (bicyclic) bond motifs is 3. The first-order valence-electron chi connectivity index (χ1n) is 7.49. The Morgan fingerprint density at radius 3 is 2.83 bits per heavy atom. The average molecular weight is 312 g/mol. The van der Waals surface area contributed by atoms with Gasteiger partial charge >= 0.3 is 0 Å². The molecule has 1 aromatic carbocycles. The molecule has 1 unspecified atom stereocenters. The lowest BCUT2D eigenvalue weighted by Gasteiger charge is -2.12. The zero-order chi connectivity index (χ0) is 16.6. The number of nitrogens with two attached hydrogens (primary N) is 2. The van der Waals surface area contributed by atoms with Gasteiger partial charge in [-0.3, -0.25) is 9.78 Å². The van der Waals surface area contributed by atoms with Crippen molar-refractivity contribution in [2.24, 2.45) is 11.5 Å². The maximum absolute atomic E-state index is 11.2. The lowest BCUT2D eigenvalue weighted by atomic mass is 10.1. The smallest absolute Gasteiger partial charge is 0.234 e. The Morgan fingerprint density at radius 2 is 2.13 bits per heavy atom. The minimum atomic E-state index is -0.662. The van der Waals surface area contributed by atoms with Crippen LogP contribution < -0.4 is 16.2 Å². The standard InChI is InChI=1S/C17H20N4O2/c1-10-16-13(5-7-20-10)12-4-3-11(23-2)9-15(12)21(16)8-6-14(18)17(19)22/h3-5,7,9,14H,6,8,18H2,1-2H3,(H2,19,22). The number of aryl methyl sites for hydroxylation is 2. The van der Waals surface area contributed by atoms with E-state index in [0.29, 0.717) is 13.0 Å². The maximum Gasteiger partial charge on any atom is 0.234 e. The summed E-state index contributed by atoms with van der Waals surface area (Å²) in [7, 11) is 1.64. The van der Waals surface area contributed by atoms with Crippen molar-refractivity contribution in [1.29, 1.82) is 0 Å². The predicted octanol–water partition coefficient (Wildman–Crippen LogP) is 1.71. The first kappa shape index (κ1) is 15.3. The van der Waals surface area contributed by atoms with Crippen molar-refractivity contribution in [3.05, 3.63) is 36.2 Å². The van der Waals surface area contributed by atoms with E-state index in [9.17, 15) is 4.79 Å². The second-order valence-electron chi connectivity index (χ2n) is 5.62. The molecule has 1 amide bonds. The van der Waals surface area contributed by atoms with E-state index in [4.69, 9.17) is 16.2 Å². The molecule has 0 radical (unpaired) electrons. The van der Waals surface area contributed by atoms with Gasteiger partial charge in [-0.25, -0.2) is 0 Å². The molecule has 2 aromatic heterocycles. The van der Waals surface area contributed by atoms with E-state index in [-0.39, 0.29) is 0 Å². The first-order valence-corrected chi connectivity index (χ1v) is 7.49. The molecule has 3 aromatic rings. The van der Waals surface area contributed by atoms with E-state index < -0.39 is 11.9 Å². The zero-order valence-corrected chi connectivity index (χ0v) is 13.2. The number of hydrogen-bond acceptors (Lipinski definition) is 4. The molecular formula is C17H20N4O2. The van der Waals surface area contributed by atoms with Crippen molar-refractivity contribution in [1.82, 2.24) is 9.55 Å². The number of benzene rings is 1. The Bertz CT molecular complexity index is 885. The summed E-state index contributed by atoms with van der Waals surface area (Å²) in [5, 5.41) is 2.25. The molecule has 6 heteroatoms. The van der Waals surface area contributed by atoms with E-state index in [2.05, 4.69) is 9.55 Å². The number of aromatic nitrogens is 2. The Kier molecular flexibility index (Phi) is 3.92. The molecule has 3 rings (SSSR count). The lowest BCUT2D eigenvalue weighted by molar-refractivity contribution is -0.119. The molecule has 0 saturated carbocycles. The van der Waals surface area contributed by atoms with Crippen LogP contribution in [0, 0.1) is 6.92 Å². The molecule has 0 aliphatic rings. The van der Waals surface area contributed by atoms with Gasteiger partial charge < -0.3 is 20.8 Å². The van der Waals surface area contributed by atoms with Gasteiger partial charge in [0.25, 0.3) is 0 Å². The third-order valence-corrected chi connectivity index (χ3v) is 4.19. The first-order chi connectivity index (χ1) is 11.0. The minimum Gasteiger partial charge on any atom is -0.497 e. The summed E-state index contributed by atoms with van der Waals surface area (Å²) < 4.78 is 7.48. The van der Waals surface area contributed by atoms with E-state index in [1.807, 2.05) is 31.2 Å². The van der Waals surface area contributed by atoms with E-state index >= 15 is 0 Å². The second kappa shape index (κ2) is 5.89. The summed E-state index contributed by atoms with van der Waals surface area (Å²) in [4.78, 5) is 15.6. The molecule has 0 bridgehead atoms. The quantitative estimate of drug-likeness (QED) is 0.749. The number of pyridine rings is 1. The van der Waals surface area contributed by atoms with Gasteiger partial charge in [0.05, 0.1) is 29.9 Å². The fourth-order valence-corrected chi connectivity index (χ4v) is 2.97. The maximum atomic E-state index is 11.2. The number of methoxy groups -OCH3 is 1. The van der Waals surface area contributed by atoms with Gasteiger partial charge in [-0.15, -0.1) is 0 Å². The van der Waals surface area contributed by atoms with Crippen LogP contribution in [0.5, 0.6) is 5.75 Å². The topological polar surface area (TPSA) is 96.2 Å². The number of amides is 1. The van der Waals surface area contributed by atoms with Crippen LogP contribution in [0.2, 0.25) is 0 Å². The molecule has 1 atom stereocenters. The summed E-state index contributed by atoms with van der Waals surface area (Å²) >= 11 is 0. The number of carbonyl (C=O) groups is 1. The molecule has 4 N–H and O–H groups in total. The van der Waals surface area contributed by atoms with Gasteiger partial charge in [0.1, 0.15) is 5.75 Å². The number of hydrogen-bond donors (Lipinski definition) is 2. The Morgan fingerprint density at radius 1 is 1.35 bits per heavy atom. The van der Waals surface area contributed by atoms with Gasteiger partial charge in [-0.2, -0.15) is 0 Å². The summed E-state index contributed by atoms with van der Waals surface area (Å²) in [6, 6.07) is 7.31. The Hall–Kier alpha value is -2.60. The molecule has 0 saturated heterocycles. The van der Waals surface area contributed by atoms with Gasteiger partial charge in [-0.1, -0.05) is 0 Å². The van der Waals surface area contributed by atoms with Crippen LogP contribution in [0.4, 0.5) is 0 Å². The van der Waals surface area contributed by atoms with Crippen LogP contribution in [-0.4, -0.2) is 28.6 Å². The molecule has 120 valence electrons. The average Bonchev–Trinajstić information content (AvgIpc) is 2.86. The number of carbonyl (C=O) groups excluding carboxylic acids is 1. The normalized spacial score (nSPS) is 12.7. The fraction of sp³-hybridized carbons (Fsp3) is 0.294. The molecule has 0 aliphatic heterocycles. The third-order valence-electron chi connectivity index (χ3n) is 4.19. The van der Waals surface area contributed by atoms with Gasteiger partial charge in [0.2, 0.25) is 5.91 Å². The van der Waals surface area contributed by atoms with Crippen LogP contribution in [0.1, 0.15) is 12.1 Å². The largest absolute Gasteiger partial charge is 0.497 e. The van der Waals surface area contributed by atoms with E-state index in [1.54, 1.807) is 13.3 Å². The summed E-state index contributed by atoms with van der Waals surface area (Å²) in [6.07, 6.45) is 2.28. The molecular weight excluding hydrogens is 292 g/mol. The summed E-state index contributed by atoms with van der Waals surface area (Å²) in [5.74, 6) is 0.296. The number of rotatable bonds is 5. The molecule has 0 aliphatic carbocycles. The highest BCUT2D eigenvalue weighted by Crippen LogP contribution is 2.32. The van der Waals surface area contributed by atoms with Crippen molar-refractivity contribution in [3.63, 3.8) is 0 Å². The number of nitrogens with zero attached hydrogens (tertiary/aromatic N) is 2. The highest BCUT2D eigenvalue weighted by atomic mass is 16.5. The lowest BCUT2D eigenvalue weighted by Crippen LogP contribution is -2.37. The molecule has 0 spiro atoms.